The van der Waals surface area contributed by atoms with Crippen molar-refractivity contribution in [2.24, 2.45) is 0 Å². The molecule has 0 spiro atoms. The first-order valence-corrected chi connectivity index (χ1v) is 4.86. The number of carbonyl (C=O) groups excluding carboxylic acids is 3. The average molecular weight is 231 g/mol. The third-order valence-electron chi connectivity index (χ3n) is 2.56. The highest BCUT2D eigenvalue weighted by Crippen LogP contribution is 2.28. The molecule has 1 aromatic carbocycles. The van der Waals surface area contributed by atoms with Gasteiger partial charge in [0, 0.05) is 11.1 Å². The maximum Gasteiger partial charge on any atom is 0.268 e. The number of benzene rings is 1. The zero-order chi connectivity index (χ0) is 12.6. The van der Waals surface area contributed by atoms with Gasteiger partial charge in [-0.15, -0.1) is 0 Å². The topological polar surface area (TPSA) is 83.5 Å². The number of hydrogen-bond acceptors (Lipinski definition) is 4. The molecule has 1 amide bonds. The zero-order valence-corrected chi connectivity index (χ0v) is 8.77. The maximum absolute atomic E-state index is 11.9. The molecule has 0 atom stereocenters. The number of rotatable bonds is 2. The quantitative estimate of drug-likeness (QED) is 0.428. The Morgan fingerprint density at radius 1 is 1.24 bits per heavy atom. The van der Waals surface area contributed by atoms with E-state index in [2.05, 4.69) is 6.58 Å². The van der Waals surface area contributed by atoms with Crippen LogP contribution in [0.25, 0.3) is 0 Å². The van der Waals surface area contributed by atoms with Crippen molar-refractivity contribution < 1.29 is 19.5 Å². The predicted molar refractivity (Wildman–Crippen MR) is 58.4 cm³/mol. The van der Waals surface area contributed by atoms with Gasteiger partial charge in [-0.05, 0) is 6.08 Å². The van der Waals surface area contributed by atoms with Crippen molar-refractivity contribution in [1.29, 1.82) is 0 Å². The molecule has 5 heteroatoms. The van der Waals surface area contributed by atoms with E-state index in [1.165, 1.54) is 12.1 Å². The second-order valence-electron chi connectivity index (χ2n) is 3.61. The van der Waals surface area contributed by atoms with Crippen LogP contribution >= 0.6 is 0 Å². The van der Waals surface area contributed by atoms with E-state index in [-0.39, 0.29) is 11.1 Å². The van der Waals surface area contributed by atoms with E-state index in [1.54, 1.807) is 12.1 Å². The third-order valence-corrected chi connectivity index (χ3v) is 2.56. The van der Waals surface area contributed by atoms with Gasteiger partial charge in [0.2, 0.25) is 17.5 Å². The summed E-state index contributed by atoms with van der Waals surface area (Å²) in [5.41, 5.74) is -2.30. The van der Waals surface area contributed by atoms with Crippen LogP contribution in [0, 0.1) is 0 Å². The van der Waals surface area contributed by atoms with Crippen LogP contribution in [0.4, 0.5) is 0 Å². The molecule has 2 rings (SSSR count). The van der Waals surface area contributed by atoms with Crippen LogP contribution in [-0.4, -0.2) is 28.3 Å². The summed E-state index contributed by atoms with van der Waals surface area (Å²) < 4.78 is 0. The molecule has 0 aliphatic heterocycles. The van der Waals surface area contributed by atoms with Crippen molar-refractivity contribution in [3.05, 3.63) is 48.0 Å². The van der Waals surface area contributed by atoms with Gasteiger partial charge < -0.3 is 10.4 Å². The largest absolute Gasteiger partial charge is 0.358 e. The van der Waals surface area contributed by atoms with Gasteiger partial charge in [0.25, 0.3) is 5.72 Å². The molecular formula is C12H9NO4. The first kappa shape index (κ1) is 11.2. The Morgan fingerprint density at radius 2 is 1.71 bits per heavy atom. The normalized spacial score (nSPS) is 16.5. The minimum Gasteiger partial charge on any atom is -0.358 e. The number of hydrogen-bond donors (Lipinski definition) is 2. The standard InChI is InChI=1S/C12H9NO4/c1-2-9(14)13-12(17)10(15)7-5-3-4-6-8(7)11(12)16/h2-6,17H,1H2,(H,13,14). The van der Waals surface area contributed by atoms with E-state index in [4.69, 9.17) is 0 Å². The Bertz CT molecular complexity index is 512. The van der Waals surface area contributed by atoms with Crippen molar-refractivity contribution in [2.75, 3.05) is 0 Å². The summed E-state index contributed by atoms with van der Waals surface area (Å²) in [6.45, 7) is 3.19. The Labute approximate surface area is 96.8 Å². The highest BCUT2D eigenvalue weighted by Gasteiger charge is 2.52. The molecule has 1 aliphatic rings. The molecule has 0 saturated carbocycles. The zero-order valence-electron chi connectivity index (χ0n) is 8.77. The van der Waals surface area contributed by atoms with Crippen LogP contribution in [0.15, 0.2) is 36.9 Å². The molecule has 0 unspecified atom stereocenters. The fourth-order valence-corrected chi connectivity index (χ4v) is 1.71. The van der Waals surface area contributed by atoms with Gasteiger partial charge >= 0.3 is 0 Å². The summed E-state index contributed by atoms with van der Waals surface area (Å²) in [6, 6.07) is 6.00. The van der Waals surface area contributed by atoms with Crippen molar-refractivity contribution in [3.63, 3.8) is 0 Å². The highest BCUT2D eigenvalue weighted by atomic mass is 16.3. The number of Topliss-reactive ketones (excluding diaryl/α,β-unsaturated/α-hetero) is 2. The van der Waals surface area contributed by atoms with Crippen LogP contribution in [0.5, 0.6) is 0 Å². The van der Waals surface area contributed by atoms with Crippen LogP contribution < -0.4 is 5.32 Å². The number of carbonyl (C=O) groups is 3. The monoisotopic (exact) mass is 231 g/mol. The van der Waals surface area contributed by atoms with Crippen LogP contribution in [0.1, 0.15) is 20.7 Å². The molecule has 86 valence electrons. The number of fused-ring (bicyclic) bond motifs is 1. The van der Waals surface area contributed by atoms with Gasteiger partial charge in [0.05, 0.1) is 0 Å². The number of ketones is 2. The Kier molecular flexibility index (Phi) is 2.40. The molecule has 0 saturated heterocycles. The van der Waals surface area contributed by atoms with E-state index in [0.717, 1.165) is 6.08 Å². The maximum atomic E-state index is 11.9. The molecule has 0 aromatic heterocycles. The van der Waals surface area contributed by atoms with E-state index in [9.17, 15) is 19.5 Å². The third kappa shape index (κ3) is 1.48. The SMILES string of the molecule is C=CC(=O)NC1(O)C(=O)c2ccccc2C1=O. The lowest BCUT2D eigenvalue weighted by atomic mass is 10.1. The summed E-state index contributed by atoms with van der Waals surface area (Å²) >= 11 is 0. The fourth-order valence-electron chi connectivity index (χ4n) is 1.71. The van der Waals surface area contributed by atoms with E-state index in [1.807, 2.05) is 5.32 Å². The predicted octanol–water partition coefficient (Wildman–Crippen LogP) is 0.0564. The molecule has 2 N–H and O–H groups in total. The van der Waals surface area contributed by atoms with Gasteiger partial charge in [-0.1, -0.05) is 30.8 Å². The van der Waals surface area contributed by atoms with Crippen LogP contribution in [0.3, 0.4) is 0 Å². The Balaban J connectivity index is 2.48. The molecule has 1 aliphatic carbocycles. The smallest absolute Gasteiger partial charge is 0.268 e. The number of amides is 1. The summed E-state index contributed by atoms with van der Waals surface area (Å²) in [6.07, 6.45) is 0.877. The summed E-state index contributed by atoms with van der Waals surface area (Å²) in [5.74, 6) is -2.44. The van der Waals surface area contributed by atoms with Gasteiger partial charge in [-0.3, -0.25) is 14.4 Å². The fraction of sp³-hybridized carbons (Fsp3) is 0.0833. The van der Waals surface area contributed by atoms with Gasteiger partial charge in [0.1, 0.15) is 0 Å². The minimum absolute atomic E-state index is 0.101. The number of nitrogens with one attached hydrogen (secondary N) is 1. The average Bonchev–Trinajstić information content (AvgIpc) is 2.53. The first-order chi connectivity index (χ1) is 8.00. The van der Waals surface area contributed by atoms with Crippen LogP contribution in [0.2, 0.25) is 0 Å². The number of aliphatic hydroxyl groups is 1. The van der Waals surface area contributed by atoms with E-state index in [0.29, 0.717) is 0 Å². The van der Waals surface area contributed by atoms with Gasteiger partial charge in [0.15, 0.2) is 0 Å². The van der Waals surface area contributed by atoms with Gasteiger partial charge in [-0.2, -0.15) is 0 Å². The molecule has 0 heterocycles. The Morgan fingerprint density at radius 3 is 2.12 bits per heavy atom. The lowest BCUT2D eigenvalue weighted by molar-refractivity contribution is -0.120. The molecular weight excluding hydrogens is 222 g/mol. The second kappa shape index (κ2) is 3.64. The summed E-state index contributed by atoms with van der Waals surface area (Å²) in [7, 11) is 0. The van der Waals surface area contributed by atoms with Crippen molar-refractivity contribution in [3.8, 4) is 0 Å². The molecule has 0 fully saturated rings. The van der Waals surface area contributed by atoms with E-state index < -0.39 is 23.2 Å². The van der Waals surface area contributed by atoms with Crippen molar-refractivity contribution >= 4 is 17.5 Å². The van der Waals surface area contributed by atoms with Gasteiger partial charge in [-0.25, -0.2) is 0 Å². The van der Waals surface area contributed by atoms with Crippen molar-refractivity contribution in [1.82, 2.24) is 5.32 Å². The molecule has 5 nitrogen and oxygen atoms in total. The lowest BCUT2D eigenvalue weighted by Gasteiger charge is -2.19. The van der Waals surface area contributed by atoms with Crippen molar-refractivity contribution in [2.45, 2.75) is 5.72 Å². The second-order valence-corrected chi connectivity index (χ2v) is 3.61. The molecule has 0 bridgehead atoms. The first-order valence-electron chi connectivity index (χ1n) is 4.86. The van der Waals surface area contributed by atoms with E-state index >= 15 is 0 Å². The Hall–Kier alpha value is -2.27. The summed E-state index contributed by atoms with van der Waals surface area (Å²) in [5, 5.41) is 11.9. The summed E-state index contributed by atoms with van der Waals surface area (Å²) in [4.78, 5) is 34.8. The molecule has 0 radical (unpaired) electrons. The minimum atomic E-state index is -2.50. The lowest BCUT2D eigenvalue weighted by Crippen LogP contribution is -2.56. The molecule has 17 heavy (non-hydrogen) atoms. The van der Waals surface area contributed by atoms with Crippen LogP contribution in [-0.2, 0) is 4.79 Å². The molecule has 1 aromatic rings. The highest BCUT2D eigenvalue weighted by molar-refractivity contribution is 6.32.